The molecule has 5 heteroatoms. The highest BCUT2D eigenvalue weighted by molar-refractivity contribution is 6.24. The van der Waals surface area contributed by atoms with Crippen LogP contribution in [0.25, 0.3) is 127 Å². The highest BCUT2D eigenvalue weighted by atomic mass is 16.3. The monoisotopic (exact) mass is 816 g/mol. The van der Waals surface area contributed by atoms with Gasteiger partial charge >= 0.3 is 0 Å². The number of para-hydroxylation sites is 1. The van der Waals surface area contributed by atoms with E-state index in [1.54, 1.807) is 0 Å². The van der Waals surface area contributed by atoms with Gasteiger partial charge in [-0.2, -0.15) is 0 Å². The Balaban J connectivity index is 1.07. The molecule has 298 valence electrons. The van der Waals surface area contributed by atoms with Crippen molar-refractivity contribution in [2.24, 2.45) is 0 Å². The van der Waals surface area contributed by atoms with E-state index < -0.39 is 0 Å². The molecule has 10 aromatic carbocycles. The molecule has 0 unspecified atom stereocenters. The second-order valence-electron chi connectivity index (χ2n) is 16.4. The first-order chi connectivity index (χ1) is 31.7. The molecule has 3 aromatic heterocycles. The van der Waals surface area contributed by atoms with Crippen LogP contribution in [0.4, 0.5) is 0 Å². The van der Waals surface area contributed by atoms with E-state index in [0.29, 0.717) is 17.5 Å². The Morgan fingerprint density at radius 3 is 1.44 bits per heavy atom. The Morgan fingerprint density at radius 2 is 0.797 bits per heavy atom. The number of nitrogens with zero attached hydrogens (tertiary/aromatic N) is 4. The molecule has 5 nitrogen and oxygen atoms in total. The number of rotatable bonds is 6. The summed E-state index contributed by atoms with van der Waals surface area (Å²) in [5.41, 5.74) is 12.0. The quantitative estimate of drug-likeness (QED) is 0.168. The summed E-state index contributed by atoms with van der Waals surface area (Å²) in [4.78, 5) is 15.7. The number of hydrogen-bond acceptors (Lipinski definition) is 4. The van der Waals surface area contributed by atoms with Crippen LogP contribution < -0.4 is 0 Å². The van der Waals surface area contributed by atoms with Crippen LogP contribution in [-0.2, 0) is 0 Å². The van der Waals surface area contributed by atoms with E-state index in [1.807, 2.05) is 24.3 Å². The molecule has 64 heavy (non-hydrogen) atoms. The van der Waals surface area contributed by atoms with E-state index in [2.05, 4.69) is 199 Å². The molecule has 0 amide bonds. The zero-order chi connectivity index (χ0) is 42.1. The first kappa shape index (κ1) is 36.0. The molecule has 0 radical (unpaired) electrons. The third-order valence-electron chi connectivity index (χ3n) is 12.6. The Morgan fingerprint density at radius 1 is 0.297 bits per heavy atom. The molecule has 0 bridgehead atoms. The normalized spacial score (nSPS) is 11.8. The maximum Gasteiger partial charge on any atom is 0.164 e. The fourth-order valence-corrected chi connectivity index (χ4v) is 9.52. The molecule has 0 N–H and O–H groups in total. The molecule has 3 heterocycles. The standard InChI is InChI=1S/C59H36N4O/c1-3-13-37(14-4-1)39-23-27-42(28-24-39)57-60-58(43-29-25-40(26-30-43)38-15-5-2-6-16-38)62-59(61-57)46-35-52(56-48-21-11-12-22-53(48)64-54(56)36-46)63-50-32-31-41-17-9-10-20-47(41)55(50)49-33-44-18-7-8-19-45(44)34-51(49)63/h1-36H. The summed E-state index contributed by atoms with van der Waals surface area (Å²) in [7, 11) is 0. The molecule has 13 aromatic rings. The van der Waals surface area contributed by atoms with E-state index in [9.17, 15) is 0 Å². The highest BCUT2D eigenvalue weighted by Gasteiger charge is 2.23. The van der Waals surface area contributed by atoms with E-state index in [-0.39, 0.29) is 0 Å². The molecule has 0 aliphatic heterocycles. The van der Waals surface area contributed by atoms with Crippen molar-refractivity contribution < 1.29 is 4.42 Å². The van der Waals surface area contributed by atoms with Crippen LogP contribution in [0, 0.1) is 0 Å². The Kier molecular flexibility index (Phi) is 8.15. The van der Waals surface area contributed by atoms with Gasteiger partial charge in [0.15, 0.2) is 17.5 Å². The van der Waals surface area contributed by atoms with Crippen molar-refractivity contribution in [1.29, 1.82) is 0 Å². The lowest BCUT2D eigenvalue weighted by atomic mass is 10.0. The number of aromatic nitrogens is 4. The van der Waals surface area contributed by atoms with Gasteiger partial charge in [-0.15, -0.1) is 0 Å². The van der Waals surface area contributed by atoms with Crippen molar-refractivity contribution in [3.63, 3.8) is 0 Å². The Bertz CT molecular complexity index is 3830. The topological polar surface area (TPSA) is 56.7 Å². The zero-order valence-electron chi connectivity index (χ0n) is 34.5. The number of furan rings is 1. The van der Waals surface area contributed by atoms with Crippen LogP contribution in [0.5, 0.6) is 0 Å². The first-order valence-corrected chi connectivity index (χ1v) is 21.6. The summed E-state index contributed by atoms with van der Waals surface area (Å²) in [6.07, 6.45) is 0. The third kappa shape index (κ3) is 5.90. The molecule has 0 aliphatic carbocycles. The minimum absolute atomic E-state index is 0.555. The van der Waals surface area contributed by atoms with Gasteiger partial charge in [-0.3, -0.25) is 0 Å². The molecule has 0 saturated carbocycles. The highest BCUT2D eigenvalue weighted by Crippen LogP contribution is 2.44. The summed E-state index contributed by atoms with van der Waals surface area (Å²) >= 11 is 0. The van der Waals surface area contributed by atoms with Crippen molar-refractivity contribution in [1.82, 2.24) is 19.5 Å². The summed E-state index contributed by atoms with van der Waals surface area (Å²) in [5.74, 6) is 1.74. The van der Waals surface area contributed by atoms with Crippen molar-refractivity contribution in [2.75, 3.05) is 0 Å². The SMILES string of the molecule is c1ccc(-c2ccc(-c3nc(-c4ccc(-c5ccccc5)cc4)nc(-c4cc(-n5c6cc7ccccc7cc6c6c7ccccc7ccc65)c5c(c4)oc4ccccc45)n3)cc2)cc1. The number of fused-ring (bicyclic) bond motifs is 9. The van der Waals surface area contributed by atoms with Gasteiger partial charge < -0.3 is 8.98 Å². The van der Waals surface area contributed by atoms with Crippen LogP contribution in [0.3, 0.4) is 0 Å². The fourth-order valence-electron chi connectivity index (χ4n) is 9.52. The van der Waals surface area contributed by atoms with E-state index in [4.69, 9.17) is 19.4 Å². The lowest BCUT2D eigenvalue weighted by Crippen LogP contribution is -2.01. The van der Waals surface area contributed by atoms with Crippen LogP contribution >= 0.6 is 0 Å². The molecule has 0 fully saturated rings. The minimum atomic E-state index is 0.555. The van der Waals surface area contributed by atoms with Gasteiger partial charge in [0.2, 0.25) is 0 Å². The summed E-state index contributed by atoms with van der Waals surface area (Å²) in [6, 6.07) is 76.9. The van der Waals surface area contributed by atoms with Gasteiger partial charge in [0, 0.05) is 32.8 Å². The zero-order valence-corrected chi connectivity index (χ0v) is 34.5. The van der Waals surface area contributed by atoms with E-state index in [1.165, 1.54) is 32.3 Å². The van der Waals surface area contributed by atoms with E-state index in [0.717, 1.165) is 77.6 Å². The summed E-state index contributed by atoms with van der Waals surface area (Å²) in [6.45, 7) is 0. The summed E-state index contributed by atoms with van der Waals surface area (Å²) < 4.78 is 9.20. The van der Waals surface area contributed by atoms with Crippen molar-refractivity contribution in [3.05, 3.63) is 218 Å². The van der Waals surface area contributed by atoms with Gasteiger partial charge in [-0.05, 0) is 80.2 Å². The average Bonchev–Trinajstić information content (AvgIpc) is 3.91. The van der Waals surface area contributed by atoms with E-state index >= 15 is 0 Å². The number of hydrogen-bond donors (Lipinski definition) is 0. The third-order valence-corrected chi connectivity index (χ3v) is 12.6. The van der Waals surface area contributed by atoms with Crippen LogP contribution in [0.1, 0.15) is 0 Å². The molecular formula is C59H36N4O. The Labute approximate surface area is 368 Å². The maximum absolute atomic E-state index is 6.77. The second kappa shape index (κ2) is 14.5. The molecule has 0 saturated heterocycles. The lowest BCUT2D eigenvalue weighted by Gasteiger charge is -2.14. The van der Waals surface area contributed by atoms with Crippen molar-refractivity contribution in [2.45, 2.75) is 0 Å². The van der Waals surface area contributed by atoms with Gasteiger partial charge in [0.1, 0.15) is 11.2 Å². The van der Waals surface area contributed by atoms with Gasteiger partial charge in [0.05, 0.1) is 22.1 Å². The van der Waals surface area contributed by atoms with Crippen LogP contribution in [0.15, 0.2) is 223 Å². The predicted molar refractivity (Wildman–Crippen MR) is 264 cm³/mol. The number of benzene rings is 10. The van der Waals surface area contributed by atoms with Gasteiger partial charge in [-0.25, -0.2) is 15.0 Å². The van der Waals surface area contributed by atoms with Gasteiger partial charge in [-0.1, -0.05) is 182 Å². The van der Waals surface area contributed by atoms with Crippen molar-refractivity contribution >= 4 is 65.3 Å². The molecule has 13 rings (SSSR count). The van der Waals surface area contributed by atoms with Crippen LogP contribution in [-0.4, -0.2) is 19.5 Å². The molecule has 0 aliphatic rings. The fraction of sp³-hybridized carbons (Fsp3) is 0. The average molecular weight is 817 g/mol. The largest absolute Gasteiger partial charge is 0.456 e. The Hall–Kier alpha value is -8.67. The first-order valence-electron chi connectivity index (χ1n) is 21.6. The van der Waals surface area contributed by atoms with Gasteiger partial charge in [0.25, 0.3) is 0 Å². The van der Waals surface area contributed by atoms with Crippen LogP contribution in [0.2, 0.25) is 0 Å². The molecule has 0 atom stereocenters. The minimum Gasteiger partial charge on any atom is -0.456 e. The smallest absolute Gasteiger partial charge is 0.164 e. The molecular weight excluding hydrogens is 781 g/mol. The van der Waals surface area contributed by atoms with Crippen molar-refractivity contribution in [3.8, 4) is 62.1 Å². The second-order valence-corrected chi connectivity index (χ2v) is 16.4. The maximum atomic E-state index is 6.77. The summed E-state index contributed by atoms with van der Waals surface area (Å²) in [5, 5.41) is 9.28. The lowest BCUT2D eigenvalue weighted by molar-refractivity contribution is 0.669. The molecule has 0 spiro atoms. The predicted octanol–water partition coefficient (Wildman–Crippen LogP) is 15.5.